The summed E-state index contributed by atoms with van der Waals surface area (Å²) in [5, 5.41) is 3.72. The maximum atomic E-state index is 5.85. The van der Waals surface area contributed by atoms with Crippen molar-refractivity contribution in [3.05, 3.63) is 33.8 Å². The Labute approximate surface area is 148 Å². The van der Waals surface area contributed by atoms with E-state index in [0.29, 0.717) is 12.6 Å². The average molecular weight is 379 g/mol. The van der Waals surface area contributed by atoms with E-state index in [1.54, 1.807) is 0 Å². The van der Waals surface area contributed by atoms with Crippen LogP contribution in [0.1, 0.15) is 32.3 Å². The SMILES string of the molecule is CC(C)CN1CCC(NCC2=Cc3cc(Br)ccc3OC2)CC1. The number of fused-ring (bicyclic) bond motifs is 1. The van der Waals surface area contributed by atoms with Crippen LogP contribution in [0.2, 0.25) is 0 Å². The van der Waals surface area contributed by atoms with Crippen LogP contribution in [0.3, 0.4) is 0 Å². The molecule has 0 amide bonds. The Morgan fingerprint density at radius 1 is 1.30 bits per heavy atom. The molecule has 4 heteroatoms. The van der Waals surface area contributed by atoms with Crippen LogP contribution >= 0.6 is 15.9 Å². The molecule has 1 fully saturated rings. The average Bonchev–Trinajstić information content (AvgIpc) is 2.53. The molecule has 3 rings (SSSR count). The Morgan fingerprint density at radius 3 is 2.83 bits per heavy atom. The highest BCUT2D eigenvalue weighted by Gasteiger charge is 2.20. The molecule has 126 valence electrons. The first-order chi connectivity index (χ1) is 11.1. The quantitative estimate of drug-likeness (QED) is 0.839. The van der Waals surface area contributed by atoms with Crippen molar-refractivity contribution >= 4 is 22.0 Å². The number of hydrogen-bond donors (Lipinski definition) is 1. The number of rotatable bonds is 5. The van der Waals surface area contributed by atoms with Crippen LogP contribution in [0.15, 0.2) is 28.2 Å². The predicted octanol–water partition coefficient (Wildman–Crippen LogP) is 3.93. The molecule has 0 spiro atoms. The van der Waals surface area contributed by atoms with Crippen molar-refractivity contribution < 1.29 is 4.74 Å². The highest BCUT2D eigenvalue weighted by Crippen LogP contribution is 2.29. The molecule has 2 heterocycles. The molecule has 1 N–H and O–H groups in total. The van der Waals surface area contributed by atoms with Gasteiger partial charge < -0.3 is 15.0 Å². The standard InChI is InChI=1S/C19H27BrN2O/c1-14(2)12-22-7-5-18(6-8-22)21-11-15-9-16-10-17(20)3-4-19(16)23-13-15/h3-4,9-10,14,18,21H,5-8,11-13H2,1-2H3. The number of benzene rings is 1. The van der Waals surface area contributed by atoms with Crippen LogP contribution < -0.4 is 10.1 Å². The van der Waals surface area contributed by atoms with Crippen molar-refractivity contribution in [3.63, 3.8) is 0 Å². The van der Waals surface area contributed by atoms with Gasteiger partial charge in [0.05, 0.1) is 0 Å². The van der Waals surface area contributed by atoms with Gasteiger partial charge >= 0.3 is 0 Å². The van der Waals surface area contributed by atoms with Crippen molar-refractivity contribution in [1.82, 2.24) is 10.2 Å². The third-order valence-electron chi connectivity index (χ3n) is 4.57. The first-order valence-electron chi connectivity index (χ1n) is 8.67. The normalized spacial score (nSPS) is 19.4. The second-order valence-electron chi connectivity index (χ2n) is 7.12. The van der Waals surface area contributed by atoms with Gasteiger partial charge in [0.25, 0.3) is 0 Å². The molecule has 0 radical (unpaired) electrons. The van der Waals surface area contributed by atoms with Gasteiger partial charge in [-0.25, -0.2) is 0 Å². The molecule has 2 aliphatic heterocycles. The lowest BCUT2D eigenvalue weighted by Gasteiger charge is -2.33. The second-order valence-corrected chi connectivity index (χ2v) is 8.04. The maximum Gasteiger partial charge on any atom is 0.127 e. The number of hydrogen-bond acceptors (Lipinski definition) is 3. The molecule has 3 nitrogen and oxygen atoms in total. The van der Waals surface area contributed by atoms with E-state index in [9.17, 15) is 0 Å². The Bertz CT molecular complexity index is 562. The van der Waals surface area contributed by atoms with Crippen LogP contribution in [0, 0.1) is 5.92 Å². The van der Waals surface area contributed by atoms with E-state index in [4.69, 9.17) is 4.74 Å². The predicted molar refractivity (Wildman–Crippen MR) is 99.9 cm³/mol. The summed E-state index contributed by atoms with van der Waals surface area (Å²) in [5.74, 6) is 1.75. The fraction of sp³-hybridized carbons (Fsp3) is 0.579. The number of nitrogens with zero attached hydrogens (tertiary/aromatic N) is 1. The highest BCUT2D eigenvalue weighted by molar-refractivity contribution is 9.10. The number of likely N-dealkylation sites (tertiary alicyclic amines) is 1. The molecule has 0 aliphatic carbocycles. The minimum atomic E-state index is 0.642. The zero-order valence-corrected chi connectivity index (χ0v) is 15.7. The van der Waals surface area contributed by atoms with Crippen LogP contribution in [-0.4, -0.2) is 43.7 Å². The van der Waals surface area contributed by atoms with Crippen molar-refractivity contribution in [1.29, 1.82) is 0 Å². The van der Waals surface area contributed by atoms with Gasteiger partial charge in [0.15, 0.2) is 0 Å². The zero-order valence-electron chi connectivity index (χ0n) is 14.1. The molecular weight excluding hydrogens is 352 g/mol. The first kappa shape index (κ1) is 17.0. The van der Waals surface area contributed by atoms with Gasteiger partial charge in [0.1, 0.15) is 12.4 Å². The highest BCUT2D eigenvalue weighted by atomic mass is 79.9. The minimum Gasteiger partial charge on any atom is -0.489 e. The number of ether oxygens (including phenoxy) is 1. The summed E-state index contributed by atoms with van der Waals surface area (Å²) in [6.45, 7) is 9.92. The molecule has 0 bridgehead atoms. The number of nitrogens with one attached hydrogen (secondary N) is 1. The van der Waals surface area contributed by atoms with E-state index in [1.807, 2.05) is 12.1 Å². The first-order valence-corrected chi connectivity index (χ1v) is 9.47. The summed E-state index contributed by atoms with van der Waals surface area (Å²) in [4.78, 5) is 2.60. The second kappa shape index (κ2) is 7.82. The van der Waals surface area contributed by atoms with E-state index >= 15 is 0 Å². The topological polar surface area (TPSA) is 24.5 Å². The summed E-state index contributed by atoms with van der Waals surface area (Å²) in [6.07, 6.45) is 4.77. The van der Waals surface area contributed by atoms with E-state index in [1.165, 1.54) is 43.6 Å². The number of piperidine rings is 1. The van der Waals surface area contributed by atoms with Gasteiger partial charge in [0.2, 0.25) is 0 Å². The van der Waals surface area contributed by atoms with Crippen molar-refractivity contribution in [2.45, 2.75) is 32.7 Å². The molecule has 0 aromatic heterocycles. The summed E-state index contributed by atoms with van der Waals surface area (Å²) in [7, 11) is 0. The summed E-state index contributed by atoms with van der Waals surface area (Å²) in [6, 6.07) is 6.83. The summed E-state index contributed by atoms with van der Waals surface area (Å²) >= 11 is 3.53. The van der Waals surface area contributed by atoms with Crippen LogP contribution in [0.25, 0.3) is 6.08 Å². The molecule has 1 aromatic carbocycles. The van der Waals surface area contributed by atoms with Crippen LogP contribution in [0.4, 0.5) is 0 Å². The fourth-order valence-corrected chi connectivity index (χ4v) is 3.79. The molecule has 1 aromatic rings. The van der Waals surface area contributed by atoms with Gasteiger partial charge in [-0.05, 0) is 61.7 Å². The Morgan fingerprint density at radius 2 is 2.09 bits per heavy atom. The molecule has 23 heavy (non-hydrogen) atoms. The van der Waals surface area contributed by atoms with Crippen LogP contribution in [-0.2, 0) is 0 Å². The monoisotopic (exact) mass is 378 g/mol. The van der Waals surface area contributed by atoms with Gasteiger partial charge in [-0.3, -0.25) is 0 Å². The Hall–Kier alpha value is -0.840. The van der Waals surface area contributed by atoms with Gasteiger partial charge in [0, 0.05) is 29.2 Å². The number of halogens is 1. The lowest BCUT2D eigenvalue weighted by atomic mass is 10.0. The Kier molecular flexibility index (Phi) is 5.78. The lowest BCUT2D eigenvalue weighted by molar-refractivity contribution is 0.181. The smallest absolute Gasteiger partial charge is 0.127 e. The summed E-state index contributed by atoms with van der Waals surface area (Å²) in [5.41, 5.74) is 2.51. The molecule has 2 aliphatic rings. The summed E-state index contributed by atoms with van der Waals surface area (Å²) < 4.78 is 6.95. The maximum absolute atomic E-state index is 5.85. The molecular formula is C19H27BrN2O. The molecule has 0 unspecified atom stereocenters. The molecule has 1 saturated heterocycles. The van der Waals surface area contributed by atoms with E-state index in [2.05, 4.69) is 52.1 Å². The van der Waals surface area contributed by atoms with E-state index in [-0.39, 0.29) is 0 Å². The zero-order chi connectivity index (χ0) is 16.2. The third kappa shape index (κ3) is 4.82. The Balaban J connectivity index is 1.48. The molecule has 0 saturated carbocycles. The van der Waals surface area contributed by atoms with E-state index < -0.39 is 0 Å². The van der Waals surface area contributed by atoms with E-state index in [0.717, 1.165) is 22.7 Å². The van der Waals surface area contributed by atoms with Gasteiger partial charge in [-0.1, -0.05) is 29.8 Å². The van der Waals surface area contributed by atoms with Crippen molar-refractivity contribution in [3.8, 4) is 5.75 Å². The van der Waals surface area contributed by atoms with Crippen LogP contribution in [0.5, 0.6) is 5.75 Å². The largest absolute Gasteiger partial charge is 0.489 e. The van der Waals surface area contributed by atoms with Crippen molar-refractivity contribution in [2.75, 3.05) is 32.8 Å². The van der Waals surface area contributed by atoms with Gasteiger partial charge in [-0.2, -0.15) is 0 Å². The minimum absolute atomic E-state index is 0.642. The molecule has 0 atom stereocenters. The van der Waals surface area contributed by atoms with Crippen molar-refractivity contribution in [2.24, 2.45) is 5.92 Å². The van der Waals surface area contributed by atoms with Gasteiger partial charge in [-0.15, -0.1) is 0 Å². The lowest BCUT2D eigenvalue weighted by Crippen LogP contribution is -2.44. The third-order valence-corrected chi connectivity index (χ3v) is 5.07. The fourth-order valence-electron chi connectivity index (χ4n) is 3.41.